The third kappa shape index (κ3) is 4.38. The Hall–Kier alpha value is -1.36. The molecule has 1 aromatic carbocycles. The summed E-state index contributed by atoms with van der Waals surface area (Å²) >= 11 is 0. The number of carbonyl (C=O) groups is 1. The summed E-state index contributed by atoms with van der Waals surface area (Å²) in [4.78, 5) is 17.5. The van der Waals surface area contributed by atoms with Crippen LogP contribution in [0.1, 0.15) is 54.2 Å². The van der Waals surface area contributed by atoms with Crippen molar-refractivity contribution in [2.45, 2.75) is 45.1 Å². The van der Waals surface area contributed by atoms with E-state index in [0.717, 1.165) is 22.2 Å². The number of pyridine rings is 1. The Balaban J connectivity index is 0.00000144. The Morgan fingerprint density at radius 3 is 2.54 bits per heavy atom. The minimum Gasteiger partial charge on any atom is -0.346 e. The van der Waals surface area contributed by atoms with E-state index >= 15 is 0 Å². The van der Waals surface area contributed by atoms with E-state index in [0.29, 0.717) is 18.0 Å². The van der Waals surface area contributed by atoms with Gasteiger partial charge in [0.2, 0.25) is 0 Å². The molecule has 3 N–H and O–H groups in total. The van der Waals surface area contributed by atoms with E-state index in [1.807, 2.05) is 45.0 Å². The fraction of sp³-hybridized carbons (Fsp3) is 0.444. The van der Waals surface area contributed by atoms with Gasteiger partial charge in [0.05, 0.1) is 11.1 Å². The monoisotopic (exact) mass is 369 g/mol. The second kappa shape index (κ2) is 7.68. The summed E-state index contributed by atoms with van der Waals surface area (Å²) in [6.07, 6.45) is 2.33. The molecule has 6 heteroatoms. The first kappa shape index (κ1) is 20.7. The molecule has 1 heterocycles. The molecule has 1 amide bonds. The molecule has 2 aromatic rings. The summed E-state index contributed by atoms with van der Waals surface area (Å²) < 4.78 is 0. The summed E-state index contributed by atoms with van der Waals surface area (Å²) in [7, 11) is 0. The second-order valence-corrected chi connectivity index (χ2v) is 6.93. The highest BCUT2D eigenvalue weighted by molar-refractivity contribution is 6.06. The molecule has 3 rings (SSSR count). The number of nitrogens with two attached hydrogens (primary N) is 1. The quantitative estimate of drug-likeness (QED) is 0.862. The number of nitrogens with one attached hydrogen (secondary N) is 1. The number of aromatic nitrogens is 1. The van der Waals surface area contributed by atoms with Crippen LogP contribution in [0, 0.1) is 6.92 Å². The van der Waals surface area contributed by atoms with Crippen LogP contribution in [-0.4, -0.2) is 23.0 Å². The zero-order valence-corrected chi connectivity index (χ0v) is 15.9. The fourth-order valence-electron chi connectivity index (χ4n) is 2.56. The Morgan fingerprint density at radius 1 is 1.29 bits per heavy atom. The first-order valence-electron chi connectivity index (χ1n) is 7.83. The third-order valence-corrected chi connectivity index (χ3v) is 4.19. The summed E-state index contributed by atoms with van der Waals surface area (Å²) in [5, 5.41) is 3.94. The smallest absolute Gasteiger partial charge is 0.252 e. The maximum absolute atomic E-state index is 12.7. The van der Waals surface area contributed by atoms with Crippen molar-refractivity contribution in [2.24, 2.45) is 5.73 Å². The normalized spacial score (nSPS) is 13.8. The van der Waals surface area contributed by atoms with Gasteiger partial charge in [-0.05, 0) is 51.8 Å². The molecule has 0 unspecified atom stereocenters. The lowest BCUT2D eigenvalue weighted by molar-refractivity contribution is 0.0917. The molecular formula is C18H25Cl2N3O. The van der Waals surface area contributed by atoms with Crippen molar-refractivity contribution in [1.82, 2.24) is 10.3 Å². The van der Waals surface area contributed by atoms with Gasteiger partial charge in [0.1, 0.15) is 0 Å². The van der Waals surface area contributed by atoms with E-state index in [1.54, 1.807) is 0 Å². The van der Waals surface area contributed by atoms with Crippen LogP contribution in [-0.2, 0) is 0 Å². The van der Waals surface area contributed by atoms with E-state index < -0.39 is 5.54 Å². The van der Waals surface area contributed by atoms with Crippen LogP contribution in [0.5, 0.6) is 0 Å². The number of fused-ring (bicyclic) bond motifs is 1. The van der Waals surface area contributed by atoms with Gasteiger partial charge in [-0.25, -0.2) is 0 Å². The van der Waals surface area contributed by atoms with Gasteiger partial charge in [-0.15, -0.1) is 24.8 Å². The largest absolute Gasteiger partial charge is 0.346 e. The van der Waals surface area contributed by atoms with Gasteiger partial charge < -0.3 is 11.1 Å². The average molecular weight is 370 g/mol. The summed E-state index contributed by atoms with van der Waals surface area (Å²) in [5.41, 5.74) is 9.07. The van der Waals surface area contributed by atoms with Crippen LogP contribution in [0.2, 0.25) is 0 Å². The number of hydrogen-bond acceptors (Lipinski definition) is 3. The van der Waals surface area contributed by atoms with E-state index in [-0.39, 0.29) is 30.7 Å². The van der Waals surface area contributed by atoms with Gasteiger partial charge in [0.25, 0.3) is 5.91 Å². The summed E-state index contributed by atoms with van der Waals surface area (Å²) in [5.74, 6) is 0.440. The Labute approximate surface area is 155 Å². The molecule has 0 bridgehead atoms. The van der Waals surface area contributed by atoms with Crippen LogP contribution < -0.4 is 11.1 Å². The molecule has 0 radical (unpaired) electrons. The van der Waals surface area contributed by atoms with E-state index in [1.165, 1.54) is 12.8 Å². The van der Waals surface area contributed by atoms with Crippen LogP contribution in [0.4, 0.5) is 0 Å². The maximum atomic E-state index is 12.7. The molecule has 1 fully saturated rings. The first-order valence-corrected chi connectivity index (χ1v) is 7.83. The molecule has 1 aliphatic carbocycles. The maximum Gasteiger partial charge on any atom is 0.252 e. The topological polar surface area (TPSA) is 68.0 Å². The Morgan fingerprint density at radius 2 is 1.96 bits per heavy atom. The molecule has 24 heavy (non-hydrogen) atoms. The predicted molar refractivity (Wildman–Crippen MR) is 104 cm³/mol. The zero-order valence-electron chi connectivity index (χ0n) is 14.3. The molecule has 1 aliphatic rings. The number of benzene rings is 1. The van der Waals surface area contributed by atoms with E-state index in [4.69, 9.17) is 10.7 Å². The molecule has 0 saturated heterocycles. The number of halogens is 2. The van der Waals surface area contributed by atoms with Crippen LogP contribution in [0.3, 0.4) is 0 Å². The zero-order chi connectivity index (χ0) is 15.9. The summed E-state index contributed by atoms with van der Waals surface area (Å²) in [6, 6.07) is 8.03. The third-order valence-electron chi connectivity index (χ3n) is 4.19. The number of amides is 1. The van der Waals surface area contributed by atoms with Crippen LogP contribution >= 0.6 is 24.8 Å². The van der Waals surface area contributed by atoms with Gasteiger partial charge >= 0.3 is 0 Å². The van der Waals surface area contributed by atoms with Crippen molar-refractivity contribution < 1.29 is 4.79 Å². The molecule has 0 aliphatic heterocycles. The molecule has 1 aromatic heterocycles. The van der Waals surface area contributed by atoms with Gasteiger partial charge in [-0.2, -0.15) is 0 Å². The SMILES string of the molecule is Cc1ccc2nc(C3CC3)cc(C(=O)NC(C)(C)CN)c2c1.Cl.Cl. The molecule has 132 valence electrons. The Bertz CT molecular complexity index is 742. The molecule has 1 saturated carbocycles. The minimum atomic E-state index is -0.420. The molecule has 4 nitrogen and oxygen atoms in total. The highest BCUT2D eigenvalue weighted by Crippen LogP contribution is 2.40. The van der Waals surface area contributed by atoms with Gasteiger partial charge in [-0.1, -0.05) is 11.6 Å². The molecule has 0 atom stereocenters. The number of nitrogens with zero attached hydrogens (tertiary/aromatic N) is 1. The first-order chi connectivity index (χ1) is 10.4. The van der Waals surface area contributed by atoms with Crippen LogP contribution in [0.15, 0.2) is 24.3 Å². The van der Waals surface area contributed by atoms with Crippen molar-refractivity contribution in [3.8, 4) is 0 Å². The van der Waals surface area contributed by atoms with E-state index in [9.17, 15) is 4.79 Å². The highest BCUT2D eigenvalue weighted by Gasteiger charge is 2.28. The summed E-state index contributed by atoms with van der Waals surface area (Å²) in [6.45, 7) is 6.29. The second-order valence-electron chi connectivity index (χ2n) is 6.93. The highest BCUT2D eigenvalue weighted by atomic mass is 35.5. The number of hydrogen-bond donors (Lipinski definition) is 2. The standard InChI is InChI=1S/C18H23N3O.2ClH/c1-11-4-7-15-13(8-11)14(9-16(20-15)12-5-6-12)17(22)21-18(2,3)10-19;;/h4,7-9,12H,5-6,10,19H2,1-3H3,(H,21,22);2*1H. The average Bonchev–Trinajstić information content (AvgIpc) is 3.30. The van der Waals surface area contributed by atoms with Crippen molar-refractivity contribution in [3.63, 3.8) is 0 Å². The Kier molecular flexibility index (Phi) is 6.62. The molecular weight excluding hydrogens is 345 g/mol. The van der Waals surface area contributed by atoms with Crippen molar-refractivity contribution >= 4 is 41.6 Å². The van der Waals surface area contributed by atoms with Gasteiger partial charge in [0, 0.05) is 29.1 Å². The van der Waals surface area contributed by atoms with Crippen molar-refractivity contribution in [1.29, 1.82) is 0 Å². The van der Waals surface area contributed by atoms with Crippen LogP contribution in [0.25, 0.3) is 10.9 Å². The molecule has 0 spiro atoms. The lowest BCUT2D eigenvalue weighted by atomic mass is 10.0. The number of aryl methyl sites for hydroxylation is 1. The lowest BCUT2D eigenvalue weighted by Gasteiger charge is -2.24. The van der Waals surface area contributed by atoms with E-state index in [2.05, 4.69) is 5.32 Å². The minimum absolute atomic E-state index is 0. The number of rotatable bonds is 4. The number of carbonyl (C=O) groups excluding carboxylic acids is 1. The predicted octanol–water partition coefficient (Wildman–Crippen LogP) is 3.73. The van der Waals surface area contributed by atoms with Crippen molar-refractivity contribution in [2.75, 3.05) is 6.54 Å². The van der Waals surface area contributed by atoms with Crippen molar-refractivity contribution in [3.05, 3.63) is 41.1 Å². The van der Waals surface area contributed by atoms with Gasteiger partial charge in [0.15, 0.2) is 0 Å². The fourth-order valence-corrected chi connectivity index (χ4v) is 2.56. The lowest BCUT2D eigenvalue weighted by Crippen LogP contribution is -2.48. The van der Waals surface area contributed by atoms with Gasteiger partial charge in [-0.3, -0.25) is 9.78 Å².